The second-order valence-electron chi connectivity index (χ2n) is 2.98. The number of anilines is 1. The first-order valence-corrected chi connectivity index (χ1v) is 3.92. The number of carbonyl (C=O) groups is 1. The number of hydrogen-bond acceptors (Lipinski definition) is 2. The fourth-order valence-electron chi connectivity index (χ4n) is 1.51. The van der Waals surface area contributed by atoms with Gasteiger partial charge >= 0.3 is 0 Å². The number of aliphatic hydroxyl groups is 1. The van der Waals surface area contributed by atoms with E-state index >= 15 is 0 Å². The highest BCUT2D eigenvalue weighted by Crippen LogP contribution is 2.28. The van der Waals surface area contributed by atoms with Crippen molar-refractivity contribution in [3.05, 3.63) is 29.1 Å². The van der Waals surface area contributed by atoms with Crippen LogP contribution in [-0.4, -0.2) is 11.0 Å². The number of amides is 1. The molecule has 0 radical (unpaired) electrons. The van der Waals surface area contributed by atoms with Crippen LogP contribution in [0.5, 0.6) is 0 Å². The van der Waals surface area contributed by atoms with Crippen LogP contribution in [0, 0.1) is 5.82 Å². The average Bonchev–Trinajstić information content (AvgIpc) is 2.43. The average molecular weight is 181 g/mol. The first-order valence-electron chi connectivity index (χ1n) is 3.92. The second-order valence-corrected chi connectivity index (χ2v) is 2.98. The molecule has 0 unspecified atom stereocenters. The third-order valence-corrected chi connectivity index (χ3v) is 2.05. The fraction of sp³-hybridized carbons (Fsp3) is 0.222. The molecule has 1 aliphatic rings. The summed E-state index contributed by atoms with van der Waals surface area (Å²) in [7, 11) is 0. The van der Waals surface area contributed by atoms with E-state index in [0.717, 1.165) is 0 Å². The Morgan fingerprint density at radius 2 is 2.31 bits per heavy atom. The third-order valence-electron chi connectivity index (χ3n) is 2.05. The van der Waals surface area contributed by atoms with Crippen LogP contribution in [0.3, 0.4) is 0 Å². The lowest BCUT2D eigenvalue weighted by Gasteiger charge is -2.04. The van der Waals surface area contributed by atoms with Gasteiger partial charge in [0.05, 0.1) is 18.7 Å². The van der Waals surface area contributed by atoms with Crippen molar-refractivity contribution in [1.82, 2.24) is 0 Å². The summed E-state index contributed by atoms with van der Waals surface area (Å²) in [5, 5.41) is 11.5. The molecule has 68 valence electrons. The van der Waals surface area contributed by atoms with Gasteiger partial charge in [0, 0.05) is 5.56 Å². The lowest BCUT2D eigenvalue weighted by molar-refractivity contribution is -0.115. The predicted molar refractivity (Wildman–Crippen MR) is 44.7 cm³/mol. The maximum absolute atomic E-state index is 12.9. The van der Waals surface area contributed by atoms with E-state index in [-0.39, 0.29) is 18.9 Å². The molecule has 0 atom stereocenters. The van der Waals surface area contributed by atoms with Crippen molar-refractivity contribution in [3.8, 4) is 0 Å². The molecule has 0 fully saturated rings. The van der Waals surface area contributed by atoms with Gasteiger partial charge in [0.2, 0.25) is 5.91 Å². The Morgan fingerprint density at radius 3 is 3.00 bits per heavy atom. The van der Waals surface area contributed by atoms with E-state index in [1.54, 1.807) is 0 Å². The fourth-order valence-corrected chi connectivity index (χ4v) is 1.51. The van der Waals surface area contributed by atoms with Gasteiger partial charge in [-0.25, -0.2) is 4.39 Å². The summed E-state index contributed by atoms with van der Waals surface area (Å²) >= 11 is 0. The Kier molecular flexibility index (Phi) is 1.77. The number of nitrogens with one attached hydrogen (secondary N) is 1. The van der Waals surface area contributed by atoms with Crippen molar-refractivity contribution in [1.29, 1.82) is 0 Å². The first kappa shape index (κ1) is 8.19. The number of benzene rings is 1. The van der Waals surface area contributed by atoms with Crippen molar-refractivity contribution in [2.75, 3.05) is 5.32 Å². The number of aliphatic hydroxyl groups excluding tert-OH is 1. The summed E-state index contributed by atoms with van der Waals surface area (Å²) in [6, 6.07) is 2.54. The summed E-state index contributed by atoms with van der Waals surface area (Å²) in [4.78, 5) is 11.0. The molecular weight excluding hydrogens is 173 g/mol. The van der Waals surface area contributed by atoms with Gasteiger partial charge < -0.3 is 10.4 Å². The largest absolute Gasteiger partial charge is 0.392 e. The van der Waals surface area contributed by atoms with E-state index in [0.29, 0.717) is 16.8 Å². The van der Waals surface area contributed by atoms with E-state index < -0.39 is 5.82 Å². The number of halogens is 1. The molecule has 2 rings (SSSR count). The zero-order chi connectivity index (χ0) is 9.42. The molecule has 0 bridgehead atoms. The van der Waals surface area contributed by atoms with Gasteiger partial charge in [0.25, 0.3) is 0 Å². The highest BCUT2D eigenvalue weighted by Gasteiger charge is 2.21. The minimum atomic E-state index is -0.417. The Labute approximate surface area is 74.2 Å². The summed E-state index contributed by atoms with van der Waals surface area (Å²) < 4.78 is 12.9. The molecule has 0 aromatic heterocycles. The van der Waals surface area contributed by atoms with E-state index in [2.05, 4.69) is 5.32 Å². The monoisotopic (exact) mass is 181 g/mol. The van der Waals surface area contributed by atoms with Crippen LogP contribution >= 0.6 is 0 Å². The van der Waals surface area contributed by atoms with Gasteiger partial charge in [-0.3, -0.25) is 4.79 Å². The molecule has 1 amide bonds. The SMILES string of the molecule is O=C1Cc2cc(F)cc(CO)c2N1. The van der Waals surface area contributed by atoms with Crippen LogP contribution in [0.2, 0.25) is 0 Å². The second kappa shape index (κ2) is 2.81. The number of hydrogen-bond donors (Lipinski definition) is 2. The predicted octanol–water partition coefficient (Wildman–Crippen LogP) is 0.813. The summed E-state index contributed by atoms with van der Waals surface area (Å²) in [6.07, 6.45) is 0.195. The van der Waals surface area contributed by atoms with Crippen LogP contribution in [0.1, 0.15) is 11.1 Å². The molecule has 0 aliphatic carbocycles. The molecule has 1 aromatic carbocycles. The highest BCUT2D eigenvalue weighted by molar-refractivity contribution is 6.00. The van der Waals surface area contributed by atoms with Crippen LogP contribution in [0.4, 0.5) is 10.1 Å². The molecule has 13 heavy (non-hydrogen) atoms. The lowest BCUT2D eigenvalue weighted by atomic mass is 10.1. The van der Waals surface area contributed by atoms with Gasteiger partial charge in [-0.1, -0.05) is 0 Å². The highest BCUT2D eigenvalue weighted by atomic mass is 19.1. The van der Waals surface area contributed by atoms with Crippen molar-refractivity contribution >= 4 is 11.6 Å². The van der Waals surface area contributed by atoms with Gasteiger partial charge in [-0.05, 0) is 17.7 Å². The van der Waals surface area contributed by atoms with Gasteiger partial charge in [0.15, 0.2) is 0 Å². The van der Waals surface area contributed by atoms with Crippen molar-refractivity contribution in [2.24, 2.45) is 0 Å². The van der Waals surface area contributed by atoms with Crippen LogP contribution in [-0.2, 0) is 17.8 Å². The van der Waals surface area contributed by atoms with Crippen molar-refractivity contribution < 1.29 is 14.3 Å². The van der Waals surface area contributed by atoms with Crippen LogP contribution < -0.4 is 5.32 Å². The minimum absolute atomic E-state index is 0.157. The molecular formula is C9H8FNO2. The molecule has 3 nitrogen and oxygen atoms in total. The van der Waals surface area contributed by atoms with Gasteiger partial charge in [-0.15, -0.1) is 0 Å². The maximum Gasteiger partial charge on any atom is 0.228 e. The molecule has 0 saturated heterocycles. The van der Waals surface area contributed by atoms with E-state index in [1.165, 1.54) is 12.1 Å². The van der Waals surface area contributed by atoms with Crippen LogP contribution in [0.15, 0.2) is 12.1 Å². The molecule has 4 heteroatoms. The molecule has 0 saturated carbocycles. The molecule has 1 heterocycles. The van der Waals surface area contributed by atoms with Crippen molar-refractivity contribution in [3.63, 3.8) is 0 Å². The molecule has 0 spiro atoms. The third kappa shape index (κ3) is 1.29. The summed E-state index contributed by atoms with van der Waals surface area (Å²) in [6.45, 7) is -0.264. The number of fused-ring (bicyclic) bond motifs is 1. The first-order chi connectivity index (χ1) is 6.20. The zero-order valence-electron chi connectivity index (χ0n) is 6.80. The summed E-state index contributed by atoms with van der Waals surface area (Å²) in [5.41, 5.74) is 1.61. The van der Waals surface area contributed by atoms with E-state index in [4.69, 9.17) is 5.11 Å². The molecule has 1 aromatic rings. The lowest BCUT2D eigenvalue weighted by Crippen LogP contribution is -2.04. The Hall–Kier alpha value is -1.42. The topological polar surface area (TPSA) is 49.3 Å². The van der Waals surface area contributed by atoms with Gasteiger partial charge in [0.1, 0.15) is 5.82 Å². The minimum Gasteiger partial charge on any atom is -0.392 e. The maximum atomic E-state index is 12.9. The Bertz CT molecular complexity index is 376. The Morgan fingerprint density at radius 1 is 1.54 bits per heavy atom. The zero-order valence-corrected chi connectivity index (χ0v) is 6.80. The van der Waals surface area contributed by atoms with E-state index in [1.807, 2.05) is 0 Å². The van der Waals surface area contributed by atoms with Gasteiger partial charge in [-0.2, -0.15) is 0 Å². The Balaban J connectivity index is 2.56. The van der Waals surface area contributed by atoms with Crippen LogP contribution in [0.25, 0.3) is 0 Å². The quantitative estimate of drug-likeness (QED) is 0.673. The normalized spacial score (nSPS) is 14.2. The standard InChI is InChI=1S/C9H8FNO2/c10-7-1-5-3-8(13)11-9(5)6(2-7)4-12/h1-2,12H,3-4H2,(H,11,13). The van der Waals surface area contributed by atoms with Crippen molar-refractivity contribution in [2.45, 2.75) is 13.0 Å². The smallest absolute Gasteiger partial charge is 0.228 e. The number of carbonyl (C=O) groups excluding carboxylic acids is 1. The summed E-state index contributed by atoms with van der Waals surface area (Å²) in [5.74, 6) is -0.574. The molecule has 1 aliphatic heterocycles. The number of rotatable bonds is 1. The van der Waals surface area contributed by atoms with E-state index in [9.17, 15) is 9.18 Å². The molecule has 2 N–H and O–H groups in total.